The molecule has 1 aliphatic carbocycles. The molecule has 0 aliphatic heterocycles. The summed E-state index contributed by atoms with van der Waals surface area (Å²) in [6, 6.07) is 0. The lowest BCUT2D eigenvalue weighted by Crippen LogP contribution is -2.64. The maximum atomic E-state index is 12.8. The van der Waals surface area contributed by atoms with Crippen molar-refractivity contribution in [1.29, 1.82) is 0 Å². The van der Waals surface area contributed by atoms with Gasteiger partial charge in [0, 0.05) is 6.42 Å². The lowest BCUT2D eigenvalue weighted by molar-refractivity contribution is -0.263. The van der Waals surface area contributed by atoms with E-state index >= 15 is 0 Å². The summed E-state index contributed by atoms with van der Waals surface area (Å²) in [5.74, 6) is -3.58. The topological polar surface area (TPSA) is 80.9 Å². The second-order valence-electron chi connectivity index (χ2n) is 3.68. The van der Waals surface area contributed by atoms with Crippen molar-refractivity contribution in [2.45, 2.75) is 43.2 Å². The standard InChI is InChI=1S/C7H12F2O4/c1-6(13)2-7(8,9)5(12)3(10)4(6)11/h3-5,10-13H,2H2,1H3/t3-,4-,5-,6+/m0/s1. The molecular formula is C7H12F2O4. The highest BCUT2D eigenvalue weighted by Crippen LogP contribution is 2.39. The van der Waals surface area contributed by atoms with E-state index in [0.29, 0.717) is 0 Å². The summed E-state index contributed by atoms with van der Waals surface area (Å²) in [6.07, 6.45) is -7.19. The second kappa shape index (κ2) is 2.84. The summed E-state index contributed by atoms with van der Waals surface area (Å²) < 4.78 is 25.7. The van der Waals surface area contributed by atoms with E-state index in [1.54, 1.807) is 0 Å². The SMILES string of the molecule is C[C@@]1(O)CC(F)(F)[C@@H](O)[C@@H](O)[C@@H]1O. The van der Waals surface area contributed by atoms with Gasteiger partial charge in [0.25, 0.3) is 5.92 Å². The van der Waals surface area contributed by atoms with Crippen molar-refractivity contribution in [3.63, 3.8) is 0 Å². The molecular weight excluding hydrogens is 186 g/mol. The van der Waals surface area contributed by atoms with Crippen LogP contribution < -0.4 is 0 Å². The molecule has 4 nitrogen and oxygen atoms in total. The van der Waals surface area contributed by atoms with E-state index in [1.807, 2.05) is 0 Å². The van der Waals surface area contributed by atoms with Crippen molar-refractivity contribution >= 4 is 0 Å². The molecule has 1 fully saturated rings. The molecule has 0 aromatic rings. The molecule has 6 heteroatoms. The van der Waals surface area contributed by atoms with E-state index in [9.17, 15) is 13.9 Å². The highest BCUT2D eigenvalue weighted by molar-refractivity contribution is 5.03. The highest BCUT2D eigenvalue weighted by atomic mass is 19.3. The van der Waals surface area contributed by atoms with E-state index in [0.717, 1.165) is 6.92 Å². The molecule has 0 bridgehead atoms. The average molecular weight is 198 g/mol. The van der Waals surface area contributed by atoms with E-state index in [2.05, 4.69) is 0 Å². The number of halogens is 2. The molecule has 0 aromatic carbocycles. The van der Waals surface area contributed by atoms with Crippen LogP contribution in [0, 0.1) is 0 Å². The molecule has 0 saturated heterocycles. The Morgan fingerprint density at radius 1 is 1.15 bits per heavy atom. The number of hydrogen-bond donors (Lipinski definition) is 4. The van der Waals surface area contributed by atoms with Gasteiger partial charge in [-0.3, -0.25) is 0 Å². The van der Waals surface area contributed by atoms with Gasteiger partial charge in [-0.1, -0.05) is 0 Å². The molecule has 0 spiro atoms. The number of aliphatic hydroxyl groups excluding tert-OH is 3. The van der Waals surface area contributed by atoms with Crippen LogP contribution in [0.25, 0.3) is 0 Å². The van der Waals surface area contributed by atoms with Gasteiger partial charge in [-0.05, 0) is 6.92 Å². The normalized spacial score (nSPS) is 50.5. The van der Waals surface area contributed by atoms with E-state index in [-0.39, 0.29) is 0 Å². The first-order chi connectivity index (χ1) is 5.68. The fourth-order valence-corrected chi connectivity index (χ4v) is 1.48. The summed E-state index contributed by atoms with van der Waals surface area (Å²) in [6.45, 7) is 0.987. The third-order valence-corrected chi connectivity index (χ3v) is 2.31. The summed E-state index contributed by atoms with van der Waals surface area (Å²) in [7, 11) is 0. The number of rotatable bonds is 0. The Kier molecular flexibility index (Phi) is 2.36. The Bertz CT molecular complexity index is 187. The number of hydrogen-bond acceptors (Lipinski definition) is 4. The average Bonchev–Trinajstić information content (AvgIpc) is 1.96. The Labute approximate surface area is 73.4 Å². The Balaban J connectivity index is 2.93. The van der Waals surface area contributed by atoms with Gasteiger partial charge in [-0.2, -0.15) is 0 Å². The molecule has 0 heterocycles. The molecule has 13 heavy (non-hydrogen) atoms. The second-order valence-corrected chi connectivity index (χ2v) is 3.68. The van der Waals surface area contributed by atoms with Gasteiger partial charge >= 0.3 is 0 Å². The molecule has 78 valence electrons. The molecule has 1 rings (SSSR count). The van der Waals surface area contributed by atoms with Crippen LogP contribution in [0.2, 0.25) is 0 Å². The fourth-order valence-electron chi connectivity index (χ4n) is 1.48. The first kappa shape index (κ1) is 10.8. The molecule has 0 aromatic heterocycles. The minimum Gasteiger partial charge on any atom is -0.387 e. The zero-order valence-corrected chi connectivity index (χ0v) is 6.98. The summed E-state index contributed by atoms with van der Waals surface area (Å²) in [5.41, 5.74) is -2.08. The fraction of sp³-hybridized carbons (Fsp3) is 1.00. The van der Waals surface area contributed by atoms with E-state index in [1.165, 1.54) is 0 Å². The largest absolute Gasteiger partial charge is 0.387 e. The van der Waals surface area contributed by atoms with Crippen molar-refractivity contribution in [2.75, 3.05) is 0 Å². The van der Waals surface area contributed by atoms with Crippen LogP contribution in [-0.2, 0) is 0 Å². The number of aliphatic hydroxyl groups is 4. The third kappa shape index (κ3) is 1.67. The molecule has 0 amide bonds. The third-order valence-electron chi connectivity index (χ3n) is 2.31. The van der Waals surface area contributed by atoms with Crippen molar-refractivity contribution in [3.05, 3.63) is 0 Å². The van der Waals surface area contributed by atoms with Crippen LogP contribution in [0.5, 0.6) is 0 Å². The van der Waals surface area contributed by atoms with Crippen molar-refractivity contribution in [3.8, 4) is 0 Å². The van der Waals surface area contributed by atoms with Gasteiger partial charge in [-0.25, -0.2) is 8.78 Å². The minimum absolute atomic E-state index is 0.987. The molecule has 0 unspecified atom stereocenters. The predicted molar refractivity (Wildman–Crippen MR) is 38.2 cm³/mol. The molecule has 4 N–H and O–H groups in total. The monoisotopic (exact) mass is 198 g/mol. The first-order valence-electron chi connectivity index (χ1n) is 3.83. The molecule has 1 aliphatic rings. The smallest absolute Gasteiger partial charge is 0.278 e. The van der Waals surface area contributed by atoms with Crippen molar-refractivity contribution < 1.29 is 29.2 Å². The van der Waals surface area contributed by atoms with Gasteiger partial charge in [0.05, 0.1) is 5.60 Å². The lowest BCUT2D eigenvalue weighted by Gasteiger charge is -2.43. The van der Waals surface area contributed by atoms with Gasteiger partial charge in [0.15, 0.2) is 0 Å². The molecule has 4 atom stereocenters. The number of alkyl halides is 2. The zero-order valence-electron chi connectivity index (χ0n) is 6.98. The summed E-state index contributed by atoms with van der Waals surface area (Å²) in [5, 5.41) is 36.2. The van der Waals surface area contributed by atoms with E-state index < -0.39 is 36.3 Å². The van der Waals surface area contributed by atoms with Crippen LogP contribution in [0.4, 0.5) is 8.78 Å². The van der Waals surface area contributed by atoms with Crippen LogP contribution in [0.3, 0.4) is 0 Å². The van der Waals surface area contributed by atoms with Gasteiger partial charge in [-0.15, -0.1) is 0 Å². The van der Waals surface area contributed by atoms with Crippen LogP contribution >= 0.6 is 0 Å². The van der Waals surface area contributed by atoms with Gasteiger partial charge in [0.1, 0.15) is 18.3 Å². The quantitative estimate of drug-likeness (QED) is 0.396. The zero-order chi connectivity index (χ0) is 10.4. The van der Waals surface area contributed by atoms with Gasteiger partial charge < -0.3 is 20.4 Å². The summed E-state index contributed by atoms with van der Waals surface area (Å²) in [4.78, 5) is 0. The minimum atomic E-state index is -3.58. The Hall–Kier alpha value is -0.300. The van der Waals surface area contributed by atoms with Crippen molar-refractivity contribution in [1.82, 2.24) is 0 Å². The van der Waals surface area contributed by atoms with Crippen molar-refractivity contribution in [2.24, 2.45) is 0 Å². The molecule has 1 saturated carbocycles. The van der Waals surface area contributed by atoms with Gasteiger partial charge in [0.2, 0.25) is 0 Å². The highest BCUT2D eigenvalue weighted by Gasteiger charge is 2.58. The first-order valence-corrected chi connectivity index (χ1v) is 3.83. The van der Waals surface area contributed by atoms with Crippen LogP contribution in [0.1, 0.15) is 13.3 Å². The lowest BCUT2D eigenvalue weighted by atomic mass is 9.78. The molecule has 0 radical (unpaired) electrons. The van der Waals surface area contributed by atoms with E-state index in [4.69, 9.17) is 15.3 Å². The maximum Gasteiger partial charge on any atom is 0.278 e. The predicted octanol–water partition coefficient (Wildman–Crippen LogP) is -1.14. The van der Waals surface area contributed by atoms with Crippen LogP contribution in [-0.4, -0.2) is 50.3 Å². The maximum absolute atomic E-state index is 12.8. The summed E-state index contributed by atoms with van der Waals surface area (Å²) >= 11 is 0. The van der Waals surface area contributed by atoms with Crippen LogP contribution in [0.15, 0.2) is 0 Å². The Morgan fingerprint density at radius 2 is 1.62 bits per heavy atom. The Morgan fingerprint density at radius 3 is 2.08 bits per heavy atom.